The van der Waals surface area contributed by atoms with Gasteiger partial charge in [-0.05, 0) is 81.3 Å². The van der Waals surface area contributed by atoms with Crippen molar-refractivity contribution >= 4 is 17.7 Å². The number of likely N-dealkylation sites (N-methyl/N-ethyl adjacent to an activating group) is 1. The SMILES string of the molecule is CCCCCCCCCCCC(=O)O.CC[C@H]1OC(=O)[C@H](C)[C@@H](O[C@H]2C[C@@](C)(OC)[C@@H](O)[C@H](C)O2)[C@@H](C)[C@@H](O[C@@H]2O[C@H](C)C[C@H](N(C)C)[C@H]2O)[C@](C)(O)C[C@@H](C)C(=O)[C@H](C)[C@H](O)[C@]1(C)O. The number of rotatable bonds is 17. The van der Waals surface area contributed by atoms with Crippen molar-refractivity contribution in [2.45, 2.75) is 250 Å². The lowest BCUT2D eigenvalue weighted by atomic mass is 9.74. The smallest absolute Gasteiger partial charge is 0.311 e. The Balaban J connectivity index is 0.000000889. The van der Waals surface area contributed by atoms with Crippen molar-refractivity contribution < 1.29 is 73.4 Å². The van der Waals surface area contributed by atoms with Crippen molar-refractivity contribution in [3.05, 3.63) is 0 Å². The number of aliphatic carboxylic acids is 1. The van der Waals surface area contributed by atoms with Crippen LogP contribution in [0.3, 0.4) is 0 Å². The van der Waals surface area contributed by atoms with Crippen LogP contribution in [0.25, 0.3) is 0 Å². The Morgan fingerprint density at radius 1 is 0.800 bits per heavy atom. The van der Waals surface area contributed by atoms with Gasteiger partial charge in [0.1, 0.15) is 29.7 Å². The molecule has 0 amide bonds. The number of carbonyl (C=O) groups is 3. The first kappa shape index (κ1) is 59.3. The molecule has 0 aromatic heterocycles. The fraction of sp³-hybridized carbons (Fsp3) is 0.939. The highest BCUT2D eigenvalue weighted by atomic mass is 16.7. The fourth-order valence-corrected chi connectivity index (χ4v) is 10.00. The van der Waals surface area contributed by atoms with Gasteiger partial charge in [0.15, 0.2) is 12.6 Å². The first-order valence-corrected chi connectivity index (χ1v) is 24.5. The molecule has 18 atom stereocenters. The second kappa shape index (κ2) is 26.8. The van der Waals surface area contributed by atoms with Gasteiger partial charge >= 0.3 is 11.9 Å². The maximum atomic E-state index is 14.1. The largest absolute Gasteiger partial charge is 0.481 e. The predicted molar refractivity (Wildman–Crippen MR) is 246 cm³/mol. The predicted octanol–water partition coefficient (Wildman–Crippen LogP) is 5.78. The van der Waals surface area contributed by atoms with Crippen LogP contribution in [-0.4, -0.2) is 159 Å². The molecular formula is C49H91NO15. The molecule has 0 bridgehead atoms. The summed E-state index contributed by atoms with van der Waals surface area (Å²) in [4.78, 5) is 40.0. The maximum Gasteiger partial charge on any atom is 0.311 e. The summed E-state index contributed by atoms with van der Waals surface area (Å²) in [6.07, 6.45) is 1.77. The van der Waals surface area contributed by atoms with Crippen molar-refractivity contribution in [1.82, 2.24) is 4.90 Å². The van der Waals surface area contributed by atoms with Crippen LogP contribution in [0.4, 0.5) is 0 Å². The van der Waals surface area contributed by atoms with Gasteiger partial charge in [0.2, 0.25) is 0 Å². The fourth-order valence-electron chi connectivity index (χ4n) is 10.00. The lowest BCUT2D eigenvalue weighted by Crippen LogP contribution is -2.61. The molecule has 3 saturated heterocycles. The number of carboxylic acids is 1. The number of esters is 1. The van der Waals surface area contributed by atoms with Crippen LogP contribution in [0, 0.1) is 23.7 Å². The van der Waals surface area contributed by atoms with Crippen molar-refractivity contribution in [2.75, 3.05) is 21.2 Å². The molecule has 3 aliphatic heterocycles. The minimum absolute atomic E-state index is 0.0936. The Labute approximate surface area is 390 Å². The molecule has 6 N–H and O–H groups in total. The van der Waals surface area contributed by atoms with Crippen LogP contribution in [-0.2, 0) is 42.8 Å². The highest BCUT2D eigenvalue weighted by molar-refractivity contribution is 5.83. The average molecular weight is 934 g/mol. The van der Waals surface area contributed by atoms with Gasteiger partial charge in [0.05, 0.1) is 47.6 Å². The number of ether oxygens (including phenoxy) is 6. The first-order chi connectivity index (χ1) is 30.2. The summed E-state index contributed by atoms with van der Waals surface area (Å²) in [7, 11) is 5.18. The van der Waals surface area contributed by atoms with Crippen molar-refractivity contribution in [2.24, 2.45) is 23.7 Å². The van der Waals surface area contributed by atoms with Gasteiger partial charge in [-0.1, -0.05) is 86.0 Å². The van der Waals surface area contributed by atoms with Crippen LogP contribution in [0.5, 0.6) is 0 Å². The minimum Gasteiger partial charge on any atom is -0.481 e. The molecular weight excluding hydrogens is 843 g/mol. The number of ketones is 1. The number of nitrogens with zero attached hydrogens (tertiary/aromatic N) is 1. The molecule has 16 heteroatoms. The van der Waals surface area contributed by atoms with Gasteiger partial charge in [-0.25, -0.2) is 0 Å². The highest BCUT2D eigenvalue weighted by Crippen LogP contribution is 2.41. The van der Waals surface area contributed by atoms with E-state index in [2.05, 4.69) is 6.92 Å². The first-order valence-electron chi connectivity index (χ1n) is 24.5. The van der Waals surface area contributed by atoms with E-state index >= 15 is 0 Å². The summed E-state index contributed by atoms with van der Waals surface area (Å²) in [6, 6.07) is -0.324. The Hall–Kier alpha value is -1.83. The number of carbonyl (C=O) groups excluding carboxylic acids is 2. The van der Waals surface area contributed by atoms with Gasteiger partial charge in [0, 0.05) is 43.7 Å². The number of cyclic esters (lactones) is 1. The zero-order valence-electron chi connectivity index (χ0n) is 42.4. The second-order valence-electron chi connectivity index (χ2n) is 20.4. The van der Waals surface area contributed by atoms with E-state index in [1.165, 1.54) is 72.8 Å². The topological polar surface area (TPSA) is 231 Å². The zero-order valence-corrected chi connectivity index (χ0v) is 42.4. The van der Waals surface area contributed by atoms with Gasteiger partial charge in [-0.3, -0.25) is 14.4 Å². The standard InChI is InChI=1S/C37H67NO13.C12H24O2/c1-14-25-37(10,45)30(41)20(4)27(39)18(2)16-35(8,44)32(51-34-28(40)24(38(11)12)15-19(3)47-34)21(5)29(22(6)33(43)49-25)50-26-17-36(9,46-13)31(42)23(7)48-26;1-2-3-4-5-6-7-8-9-10-11-12(13)14/h18-26,28-32,34,40-42,44-45H,14-17H2,1-13H3;2-11H2,1H3,(H,13,14)/t18-,19-,20+,21-,22-,23+,24+,25-,26+,28-,29+,30+,31+,32-,34+,35-,36-,37-;/m1./s1. The van der Waals surface area contributed by atoms with Crippen molar-refractivity contribution in [3.8, 4) is 0 Å². The molecule has 0 aromatic carbocycles. The molecule has 382 valence electrons. The van der Waals surface area contributed by atoms with E-state index in [0.29, 0.717) is 12.8 Å². The third kappa shape index (κ3) is 16.7. The Bertz CT molecular complexity index is 1430. The minimum atomic E-state index is -1.99. The molecule has 0 saturated carbocycles. The zero-order chi connectivity index (χ0) is 49.6. The van der Waals surface area contributed by atoms with Crippen molar-refractivity contribution in [1.29, 1.82) is 0 Å². The van der Waals surface area contributed by atoms with Crippen LogP contribution in [0.2, 0.25) is 0 Å². The third-order valence-corrected chi connectivity index (χ3v) is 14.3. The number of hydrogen-bond donors (Lipinski definition) is 6. The number of unbranched alkanes of at least 4 members (excludes halogenated alkanes) is 8. The van der Waals surface area contributed by atoms with E-state index in [0.717, 1.165) is 12.8 Å². The van der Waals surface area contributed by atoms with E-state index in [1.807, 2.05) is 25.9 Å². The number of aliphatic hydroxyl groups is 5. The molecule has 3 fully saturated rings. The van der Waals surface area contributed by atoms with E-state index < -0.39 is 114 Å². The molecule has 0 unspecified atom stereocenters. The Morgan fingerprint density at radius 2 is 1.37 bits per heavy atom. The Morgan fingerprint density at radius 3 is 1.89 bits per heavy atom. The second-order valence-corrected chi connectivity index (χ2v) is 20.4. The third-order valence-electron chi connectivity index (χ3n) is 14.3. The molecule has 3 aliphatic rings. The van der Waals surface area contributed by atoms with Crippen LogP contribution < -0.4 is 0 Å². The molecule has 16 nitrogen and oxygen atoms in total. The van der Waals surface area contributed by atoms with E-state index in [-0.39, 0.29) is 31.4 Å². The normalized spacial score (nSPS) is 41.3. The summed E-state index contributed by atoms with van der Waals surface area (Å²) in [6.45, 7) is 18.6. The lowest BCUT2D eigenvalue weighted by molar-refractivity contribution is -0.318. The van der Waals surface area contributed by atoms with E-state index in [9.17, 15) is 39.9 Å². The summed E-state index contributed by atoms with van der Waals surface area (Å²) in [5, 5.41) is 66.0. The summed E-state index contributed by atoms with van der Waals surface area (Å²) < 4.78 is 37.1. The molecule has 0 radical (unpaired) electrons. The summed E-state index contributed by atoms with van der Waals surface area (Å²) in [5.74, 6) is -5.64. The Kier molecular flexibility index (Phi) is 24.4. The molecule has 0 aliphatic carbocycles. The van der Waals surface area contributed by atoms with Gasteiger partial charge in [-0.2, -0.15) is 0 Å². The van der Waals surface area contributed by atoms with Crippen LogP contribution >= 0.6 is 0 Å². The number of carboxylic acid groups (broad SMARTS) is 1. The van der Waals surface area contributed by atoms with Gasteiger partial charge < -0.3 is 64.0 Å². The molecule has 65 heavy (non-hydrogen) atoms. The quantitative estimate of drug-likeness (QED) is 0.0750. The van der Waals surface area contributed by atoms with Crippen LogP contribution in [0.1, 0.15) is 166 Å². The lowest BCUT2D eigenvalue weighted by Gasteiger charge is -2.49. The number of aliphatic hydroxyl groups excluding tert-OH is 3. The number of Topliss-reactive ketones (excluding diaryl/α,β-unsaturated/α-hetero) is 1. The van der Waals surface area contributed by atoms with Gasteiger partial charge in [0.25, 0.3) is 0 Å². The van der Waals surface area contributed by atoms with Gasteiger partial charge in [-0.15, -0.1) is 0 Å². The molecule has 0 spiro atoms. The highest BCUT2D eigenvalue weighted by Gasteiger charge is 2.53. The monoisotopic (exact) mass is 934 g/mol. The molecule has 3 rings (SSSR count). The number of hydrogen-bond acceptors (Lipinski definition) is 15. The summed E-state index contributed by atoms with van der Waals surface area (Å²) >= 11 is 0. The molecule has 0 aromatic rings. The van der Waals surface area contributed by atoms with Crippen LogP contribution in [0.15, 0.2) is 0 Å². The van der Waals surface area contributed by atoms with Crippen molar-refractivity contribution in [3.63, 3.8) is 0 Å². The summed E-state index contributed by atoms with van der Waals surface area (Å²) in [5.41, 5.74) is -4.84. The maximum absolute atomic E-state index is 14.1. The average Bonchev–Trinajstić information content (AvgIpc) is 3.23. The van der Waals surface area contributed by atoms with E-state index in [4.69, 9.17) is 33.5 Å². The molecule has 3 heterocycles. The number of methoxy groups -OCH3 is 1. The van der Waals surface area contributed by atoms with E-state index in [1.54, 1.807) is 41.5 Å².